The highest BCUT2D eigenvalue weighted by atomic mass is 31.1. The predicted molar refractivity (Wildman–Crippen MR) is 38.0 cm³/mol. The van der Waals surface area contributed by atoms with E-state index in [2.05, 4.69) is 13.8 Å². The van der Waals surface area contributed by atoms with Crippen LogP contribution in [-0.4, -0.2) is 22.2 Å². The van der Waals surface area contributed by atoms with Gasteiger partial charge in [-0.1, -0.05) is 6.92 Å². The molecule has 1 unspecified atom stereocenters. The molecule has 0 fully saturated rings. The van der Waals surface area contributed by atoms with Crippen LogP contribution in [0, 0.1) is 0 Å². The van der Waals surface area contributed by atoms with Crippen molar-refractivity contribution < 1.29 is 4.89 Å². The molecule has 0 heterocycles. The maximum Gasteiger partial charge on any atom is 0.0855 e. The van der Waals surface area contributed by atoms with Crippen LogP contribution >= 0.6 is 8.96 Å². The van der Waals surface area contributed by atoms with Crippen molar-refractivity contribution in [3.05, 3.63) is 0 Å². The first-order valence-electron chi connectivity index (χ1n) is 2.88. The molecule has 0 aromatic rings. The average Bonchev–Trinajstić information content (AvgIpc) is 1.69. The fourth-order valence-corrected chi connectivity index (χ4v) is 0.924. The summed E-state index contributed by atoms with van der Waals surface area (Å²) in [5.41, 5.74) is 0. The van der Waals surface area contributed by atoms with Crippen LogP contribution in [0.15, 0.2) is 0 Å². The molecule has 0 saturated carbocycles. The van der Waals surface area contributed by atoms with E-state index in [-0.39, 0.29) is 8.96 Å². The summed E-state index contributed by atoms with van der Waals surface area (Å²) in [5.74, 6) is 0. The minimum atomic E-state index is -0.0374. The largest absolute Gasteiger partial charge is 0.361 e. The SMILES string of the molecule is CCN(PO)C(C)C. The molecule has 0 aliphatic heterocycles. The highest BCUT2D eigenvalue weighted by Crippen LogP contribution is 2.14. The lowest BCUT2D eigenvalue weighted by atomic mass is 10.4. The maximum atomic E-state index is 8.65. The van der Waals surface area contributed by atoms with E-state index in [9.17, 15) is 0 Å². The minimum absolute atomic E-state index is 0.0374. The molecule has 0 radical (unpaired) electrons. The third-order valence-corrected chi connectivity index (χ3v) is 2.18. The van der Waals surface area contributed by atoms with Crippen molar-refractivity contribution in [1.29, 1.82) is 0 Å². The Morgan fingerprint density at radius 1 is 1.62 bits per heavy atom. The van der Waals surface area contributed by atoms with Gasteiger partial charge in [-0.2, -0.15) is 0 Å². The molecular weight excluding hydrogens is 121 g/mol. The standard InChI is InChI=1S/C5H14NOP/c1-4-6(8-7)5(2)3/h5,7-8H,4H2,1-3H3. The Hall–Kier alpha value is 0.350. The summed E-state index contributed by atoms with van der Waals surface area (Å²) in [7, 11) is -0.0374. The van der Waals surface area contributed by atoms with Gasteiger partial charge in [-0.05, 0) is 13.8 Å². The monoisotopic (exact) mass is 135 g/mol. The predicted octanol–water partition coefficient (Wildman–Crippen LogP) is 1.22. The lowest BCUT2D eigenvalue weighted by molar-refractivity contribution is 0.377. The Morgan fingerprint density at radius 2 is 2.12 bits per heavy atom. The van der Waals surface area contributed by atoms with Crippen molar-refractivity contribution >= 4 is 8.96 Å². The summed E-state index contributed by atoms with van der Waals surface area (Å²) in [6, 6.07) is 0.475. The molecule has 0 amide bonds. The van der Waals surface area contributed by atoms with Crippen molar-refractivity contribution in [3.8, 4) is 0 Å². The van der Waals surface area contributed by atoms with Gasteiger partial charge < -0.3 is 4.89 Å². The second kappa shape index (κ2) is 4.25. The van der Waals surface area contributed by atoms with Crippen molar-refractivity contribution in [2.45, 2.75) is 26.8 Å². The molecule has 0 bridgehead atoms. The first kappa shape index (κ1) is 8.35. The van der Waals surface area contributed by atoms with Crippen LogP contribution in [0.2, 0.25) is 0 Å². The molecule has 0 spiro atoms. The lowest BCUT2D eigenvalue weighted by Gasteiger charge is -2.20. The van der Waals surface area contributed by atoms with Crippen LogP contribution in [-0.2, 0) is 0 Å². The van der Waals surface area contributed by atoms with Crippen molar-refractivity contribution in [3.63, 3.8) is 0 Å². The van der Waals surface area contributed by atoms with Crippen LogP contribution < -0.4 is 0 Å². The van der Waals surface area contributed by atoms with Gasteiger partial charge in [0.25, 0.3) is 0 Å². The van der Waals surface area contributed by atoms with Crippen LogP contribution in [0.3, 0.4) is 0 Å². The molecule has 2 nitrogen and oxygen atoms in total. The zero-order valence-corrected chi connectivity index (χ0v) is 6.68. The van der Waals surface area contributed by atoms with E-state index in [0.29, 0.717) is 6.04 Å². The van der Waals surface area contributed by atoms with Crippen LogP contribution in [0.4, 0.5) is 0 Å². The number of hydrogen-bond donors (Lipinski definition) is 1. The summed E-state index contributed by atoms with van der Waals surface area (Å²) in [5, 5.41) is 0. The third-order valence-electron chi connectivity index (χ3n) is 1.09. The number of hydrogen-bond acceptors (Lipinski definition) is 2. The minimum Gasteiger partial charge on any atom is -0.361 e. The topological polar surface area (TPSA) is 23.5 Å². The first-order valence-corrected chi connectivity index (χ1v) is 3.78. The Labute approximate surface area is 52.8 Å². The van der Waals surface area contributed by atoms with Crippen molar-refractivity contribution in [1.82, 2.24) is 4.67 Å². The summed E-state index contributed by atoms with van der Waals surface area (Å²) >= 11 is 0. The smallest absolute Gasteiger partial charge is 0.0855 e. The van der Waals surface area contributed by atoms with E-state index in [0.717, 1.165) is 6.54 Å². The van der Waals surface area contributed by atoms with Gasteiger partial charge in [0.15, 0.2) is 0 Å². The lowest BCUT2D eigenvalue weighted by Crippen LogP contribution is -2.21. The molecule has 0 aliphatic carbocycles. The Kier molecular flexibility index (Phi) is 4.44. The van der Waals surface area contributed by atoms with Gasteiger partial charge in [-0.15, -0.1) is 0 Å². The fourth-order valence-electron chi connectivity index (χ4n) is 0.551. The molecule has 0 rings (SSSR count). The van der Waals surface area contributed by atoms with E-state index in [1.165, 1.54) is 0 Å². The van der Waals surface area contributed by atoms with E-state index >= 15 is 0 Å². The summed E-state index contributed by atoms with van der Waals surface area (Å²) in [4.78, 5) is 8.65. The van der Waals surface area contributed by atoms with Crippen LogP contribution in [0.1, 0.15) is 20.8 Å². The van der Waals surface area contributed by atoms with E-state index in [4.69, 9.17) is 4.89 Å². The number of nitrogens with zero attached hydrogens (tertiary/aromatic N) is 1. The molecular formula is C5H14NOP. The van der Waals surface area contributed by atoms with Crippen molar-refractivity contribution in [2.24, 2.45) is 0 Å². The molecule has 0 aliphatic rings. The Bertz CT molecular complexity index is 54.4. The van der Waals surface area contributed by atoms with Gasteiger partial charge in [-0.3, -0.25) is 4.67 Å². The summed E-state index contributed by atoms with van der Waals surface area (Å²) < 4.78 is 2.00. The van der Waals surface area contributed by atoms with Crippen molar-refractivity contribution in [2.75, 3.05) is 6.54 Å². The van der Waals surface area contributed by atoms with E-state index in [1.807, 2.05) is 11.6 Å². The number of rotatable bonds is 3. The second-order valence-electron chi connectivity index (χ2n) is 1.98. The summed E-state index contributed by atoms with van der Waals surface area (Å²) in [6.07, 6.45) is 0. The van der Waals surface area contributed by atoms with Gasteiger partial charge in [-0.25, -0.2) is 0 Å². The molecule has 1 atom stereocenters. The normalized spacial score (nSPS) is 12.8. The molecule has 0 aromatic carbocycles. The van der Waals surface area contributed by atoms with E-state index < -0.39 is 0 Å². The molecule has 1 N–H and O–H groups in total. The summed E-state index contributed by atoms with van der Waals surface area (Å²) in [6.45, 7) is 7.13. The quantitative estimate of drug-likeness (QED) is 0.588. The second-order valence-corrected chi connectivity index (χ2v) is 2.75. The van der Waals surface area contributed by atoms with Gasteiger partial charge in [0.05, 0.1) is 8.96 Å². The van der Waals surface area contributed by atoms with Crippen LogP contribution in [0.25, 0.3) is 0 Å². The van der Waals surface area contributed by atoms with E-state index in [1.54, 1.807) is 0 Å². The Balaban J connectivity index is 3.35. The molecule has 0 aromatic heterocycles. The molecule has 0 saturated heterocycles. The average molecular weight is 135 g/mol. The highest BCUT2D eigenvalue weighted by Gasteiger charge is 2.02. The highest BCUT2D eigenvalue weighted by molar-refractivity contribution is 7.28. The zero-order valence-electron chi connectivity index (χ0n) is 5.68. The zero-order chi connectivity index (χ0) is 6.57. The Morgan fingerprint density at radius 3 is 2.12 bits per heavy atom. The first-order chi connectivity index (χ1) is 3.72. The van der Waals surface area contributed by atoms with Gasteiger partial charge in [0.1, 0.15) is 0 Å². The van der Waals surface area contributed by atoms with Gasteiger partial charge in [0.2, 0.25) is 0 Å². The van der Waals surface area contributed by atoms with Crippen LogP contribution in [0.5, 0.6) is 0 Å². The fraction of sp³-hybridized carbons (Fsp3) is 1.00. The van der Waals surface area contributed by atoms with Gasteiger partial charge in [0, 0.05) is 12.6 Å². The molecule has 3 heteroatoms. The third kappa shape index (κ3) is 2.61. The maximum absolute atomic E-state index is 8.65. The molecule has 8 heavy (non-hydrogen) atoms. The molecule has 50 valence electrons. The van der Waals surface area contributed by atoms with Gasteiger partial charge >= 0.3 is 0 Å².